The minimum atomic E-state index is -3.49. The molecule has 0 aromatic carbocycles. The van der Waals surface area contributed by atoms with Crippen LogP contribution in [0, 0.1) is 0 Å². The van der Waals surface area contributed by atoms with Crippen LogP contribution in [0.15, 0.2) is 34.2 Å². The van der Waals surface area contributed by atoms with Crippen LogP contribution in [-0.4, -0.2) is 59.9 Å². The predicted octanol–water partition coefficient (Wildman–Crippen LogP) is 1.77. The van der Waals surface area contributed by atoms with Gasteiger partial charge < -0.3 is 5.11 Å². The van der Waals surface area contributed by atoms with Crippen LogP contribution in [0.5, 0.6) is 0 Å². The zero-order chi connectivity index (χ0) is 19.1. The molecule has 1 atom stereocenters. The third-order valence-electron chi connectivity index (χ3n) is 3.58. The van der Waals surface area contributed by atoms with E-state index >= 15 is 0 Å². The second kappa shape index (κ2) is 6.79. The van der Waals surface area contributed by atoms with Crippen molar-refractivity contribution < 1.29 is 27.5 Å². The molecule has 0 bridgehead atoms. The second-order valence-electron chi connectivity index (χ2n) is 5.44. The normalized spacial score (nSPS) is 20.3. The molecular formula is C13H11BrF4N6O2. The highest BCUT2D eigenvalue weighted by atomic mass is 79.9. The fourth-order valence-electron chi connectivity index (χ4n) is 2.33. The number of aromatic nitrogens is 4. The summed E-state index contributed by atoms with van der Waals surface area (Å²) in [6.07, 6.45) is -3.26. The lowest BCUT2D eigenvalue weighted by Gasteiger charge is -2.29. The molecule has 0 radical (unpaired) electrons. The largest absolute Gasteiger partial charge is 0.364 e. The van der Waals surface area contributed by atoms with Gasteiger partial charge in [0, 0.05) is 18.8 Å². The Bertz CT molecular complexity index is 853. The van der Waals surface area contributed by atoms with Crippen molar-refractivity contribution in [1.82, 2.24) is 24.6 Å². The van der Waals surface area contributed by atoms with Crippen LogP contribution in [0.1, 0.15) is 16.9 Å². The van der Waals surface area contributed by atoms with Gasteiger partial charge in [0.05, 0.1) is 10.7 Å². The van der Waals surface area contributed by atoms with Crippen LogP contribution < -0.4 is 0 Å². The maximum absolute atomic E-state index is 13.2. The molecule has 3 rings (SSSR count). The van der Waals surface area contributed by atoms with Crippen molar-refractivity contribution in [2.75, 3.05) is 0 Å². The van der Waals surface area contributed by atoms with Gasteiger partial charge in [-0.25, -0.2) is 22.2 Å². The maximum atomic E-state index is 13.2. The molecule has 0 spiro atoms. The average molecular weight is 439 g/mol. The Morgan fingerprint density at radius 1 is 1.35 bits per heavy atom. The highest BCUT2D eigenvalue weighted by Gasteiger charge is 2.53. The zero-order valence-corrected chi connectivity index (χ0v) is 14.4. The van der Waals surface area contributed by atoms with Gasteiger partial charge in [0.1, 0.15) is 12.4 Å². The molecule has 0 aliphatic carbocycles. The molecule has 2 aromatic heterocycles. The summed E-state index contributed by atoms with van der Waals surface area (Å²) >= 11 is 3.21. The highest BCUT2D eigenvalue weighted by molar-refractivity contribution is 9.10. The van der Waals surface area contributed by atoms with Crippen molar-refractivity contribution in [2.24, 2.45) is 5.10 Å². The number of hydrogen-bond acceptors (Lipinski definition) is 5. The van der Waals surface area contributed by atoms with Crippen molar-refractivity contribution in [1.29, 1.82) is 0 Å². The summed E-state index contributed by atoms with van der Waals surface area (Å²) in [7, 11) is 0. The first kappa shape index (κ1) is 18.5. The fourth-order valence-corrected chi connectivity index (χ4v) is 2.66. The number of carbonyl (C=O) groups is 1. The Kier molecular flexibility index (Phi) is 4.84. The maximum Gasteiger partial charge on any atom is 0.297 e. The van der Waals surface area contributed by atoms with E-state index in [4.69, 9.17) is 0 Å². The predicted molar refractivity (Wildman–Crippen MR) is 82.7 cm³/mol. The van der Waals surface area contributed by atoms with E-state index < -0.39 is 36.6 Å². The summed E-state index contributed by atoms with van der Waals surface area (Å²) in [5, 5.41) is 21.0. The number of aliphatic hydroxyl groups is 1. The number of carbonyl (C=O) groups excluding carboxylic acids is 1. The van der Waals surface area contributed by atoms with Crippen molar-refractivity contribution >= 4 is 27.5 Å². The van der Waals surface area contributed by atoms with Gasteiger partial charge in [0.2, 0.25) is 5.72 Å². The molecule has 140 valence electrons. The molecule has 3 heterocycles. The Hall–Kier alpha value is -2.28. The van der Waals surface area contributed by atoms with Crippen LogP contribution in [0.3, 0.4) is 0 Å². The summed E-state index contributed by atoms with van der Waals surface area (Å²) in [5.41, 5.74) is -4.48. The third-order valence-corrected chi connectivity index (χ3v) is 3.99. The van der Waals surface area contributed by atoms with E-state index in [2.05, 4.69) is 31.2 Å². The lowest BCUT2D eigenvalue weighted by Crippen LogP contribution is -2.51. The topological polar surface area (TPSA) is 88.5 Å². The summed E-state index contributed by atoms with van der Waals surface area (Å²) < 4.78 is 55.4. The summed E-state index contributed by atoms with van der Waals surface area (Å²) in [6.45, 7) is 0.115. The van der Waals surface area contributed by atoms with E-state index in [1.165, 1.54) is 27.8 Å². The van der Waals surface area contributed by atoms with Gasteiger partial charge in [-0.15, -0.1) is 0 Å². The van der Waals surface area contributed by atoms with E-state index in [0.717, 1.165) is 0 Å². The standard InChI is InChI=1S/C13H11BrF4N6O2/c14-7-4-19-23(5-7)6-22-2-1-8(20-22)11(25)24-13(26,12(17)18)3-9(21-24)10(15)16/h1-2,4-5,10,12,26H,3,6H2/t13-/m1/s1. The number of nitrogens with zero attached hydrogens (tertiary/aromatic N) is 6. The van der Waals surface area contributed by atoms with Gasteiger partial charge in [0.15, 0.2) is 5.69 Å². The Morgan fingerprint density at radius 2 is 2.08 bits per heavy atom. The monoisotopic (exact) mass is 438 g/mol. The fraction of sp³-hybridized carbons (Fsp3) is 0.385. The van der Waals surface area contributed by atoms with Crippen LogP contribution in [-0.2, 0) is 6.67 Å². The van der Waals surface area contributed by atoms with Gasteiger partial charge in [-0.1, -0.05) is 0 Å². The number of rotatable bonds is 5. The Morgan fingerprint density at radius 3 is 2.65 bits per heavy atom. The Balaban J connectivity index is 1.83. The first-order chi connectivity index (χ1) is 12.2. The molecule has 2 aromatic rings. The molecule has 1 N–H and O–H groups in total. The molecule has 0 unspecified atom stereocenters. The molecular weight excluding hydrogens is 428 g/mol. The molecule has 0 saturated heterocycles. The lowest BCUT2D eigenvalue weighted by atomic mass is 10.1. The molecule has 1 aliphatic rings. The minimum Gasteiger partial charge on any atom is -0.364 e. The van der Waals surface area contributed by atoms with Gasteiger partial charge in [-0.3, -0.25) is 9.48 Å². The molecule has 0 saturated carbocycles. The number of alkyl halides is 4. The third kappa shape index (κ3) is 3.35. The first-order valence-electron chi connectivity index (χ1n) is 7.12. The van der Waals surface area contributed by atoms with E-state index in [1.807, 2.05) is 0 Å². The van der Waals surface area contributed by atoms with Crippen molar-refractivity contribution in [3.63, 3.8) is 0 Å². The average Bonchev–Trinajstić information content (AvgIpc) is 3.27. The highest BCUT2D eigenvalue weighted by Crippen LogP contribution is 2.33. The van der Waals surface area contributed by atoms with Crippen LogP contribution in [0.25, 0.3) is 0 Å². The molecule has 13 heteroatoms. The first-order valence-corrected chi connectivity index (χ1v) is 7.92. The molecule has 26 heavy (non-hydrogen) atoms. The van der Waals surface area contributed by atoms with Gasteiger partial charge in [-0.2, -0.15) is 20.3 Å². The smallest absolute Gasteiger partial charge is 0.297 e. The number of hydrogen-bond donors (Lipinski definition) is 1. The minimum absolute atomic E-state index is 0.0314. The van der Waals surface area contributed by atoms with Gasteiger partial charge in [0.25, 0.3) is 18.8 Å². The summed E-state index contributed by atoms with van der Waals surface area (Å²) in [5.74, 6) is -1.22. The van der Waals surface area contributed by atoms with Crippen molar-refractivity contribution in [3.05, 3.63) is 34.8 Å². The lowest BCUT2D eigenvalue weighted by molar-refractivity contribution is -0.164. The molecule has 0 fully saturated rings. The van der Waals surface area contributed by atoms with Gasteiger partial charge >= 0.3 is 0 Å². The zero-order valence-electron chi connectivity index (χ0n) is 12.8. The quantitative estimate of drug-likeness (QED) is 0.720. The molecule has 1 aliphatic heterocycles. The number of hydrazone groups is 1. The SMILES string of the molecule is O=C(c1ccn(Cn2cc(Br)cn2)n1)N1N=C(C(F)F)C[C@@]1(O)C(F)F. The van der Waals surface area contributed by atoms with Gasteiger partial charge in [-0.05, 0) is 22.0 Å². The van der Waals surface area contributed by atoms with E-state index in [9.17, 15) is 27.5 Å². The van der Waals surface area contributed by atoms with E-state index in [-0.39, 0.29) is 17.4 Å². The van der Waals surface area contributed by atoms with Crippen molar-refractivity contribution in [3.8, 4) is 0 Å². The Labute approximate surface area is 151 Å². The van der Waals surface area contributed by atoms with E-state index in [1.54, 1.807) is 6.20 Å². The van der Waals surface area contributed by atoms with Crippen molar-refractivity contribution in [2.45, 2.75) is 31.7 Å². The van der Waals surface area contributed by atoms with Crippen LogP contribution in [0.2, 0.25) is 0 Å². The van der Waals surface area contributed by atoms with E-state index in [0.29, 0.717) is 4.47 Å². The summed E-state index contributed by atoms with van der Waals surface area (Å²) in [6, 6.07) is 1.20. The van der Waals surface area contributed by atoms with Crippen LogP contribution >= 0.6 is 15.9 Å². The molecule has 8 nitrogen and oxygen atoms in total. The summed E-state index contributed by atoms with van der Waals surface area (Å²) in [4.78, 5) is 12.4. The molecule has 1 amide bonds. The second-order valence-corrected chi connectivity index (χ2v) is 6.36. The van der Waals surface area contributed by atoms with Crippen LogP contribution in [0.4, 0.5) is 17.6 Å². The number of halogens is 5. The number of amides is 1.